The molecule has 0 aliphatic rings. The van der Waals surface area contributed by atoms with Crippen molar-refractivity contribution in [2.75, 3.05) is 6.54 Å². The standard InChI is InChI=1S/C17H27BrFN/c1-4-7-8-13(5-2)11-17(20-6-3)15-10-9-14(18)12-16(15)19/h9-10,12-13,17,20H,4-8,11H2,1-3H3. The predicted molar refractivity (Wildman–Crippen MR) is 88.4 cm³/mol. The lowest BCUT2D eigenvalue weighted by atomic mass is 9.89. The number of benzene rings is 1. The zero-order chi connectivity index (χ0) is 15.0. The van der Waals surface area contributed by atoms with Gasteiger partial charge < -0.3 is 5.32 Å². The van der Waals surface area contributed by atoms with Gasteiger partial charge in [-0.05, 0) is 31.0 Å². The predicted octanol–water partition coefficient (Wildman–Crippen LogP) is 5.85. The summed E-state index contributed by atoms with van der Waals surface area (Å²) in [4.78, 5) is 0. The second kappa shape index (κ2) is 9.51. The molecule has 0 spiro atoms. The van der Waals surface area contributed by atoms with Gasteiger partial charge in [0.05, 0.1) is 0 Å². The number of nitrogens with one attached hydrogen (secondary N) is 1. The quantitative estimate of drug-likeness (QED) is 0.593. The third kappa shape index (κ3) is 5.53. The highest BCUT2D eigenvalue weighted by Crippen LogP contribution is 2.29. The first-order chi connectivity index (χ1) is 9.62. The minimum Gasteiger partial charge on any atom is -0.310 e. The summed E-state index contributed by atoms with van der Waals surface area (Å²) in [7, 11) is 0. The molecule has 0 heterocycles. The van der Waals surface area contributed by atoms with Crippen LogP contribution in [0.4, 0.5) is 4.39 Å². The van der Waals surface area contributed by atoms with Gasteiger partial charge in [0.15, 0.2) is 0 Å². The summed E-state index contributed by atoms with van der Waals surface area (Å²) in [6.45, 7) is 7.41. The minimum atomic E-state index is -0.115. The van der Waals surface area contributed by atoms with Crippen LogP contribution in [0.25, 0.3) is 0 Å². The number of hydrogen-bond acceptors (Lipinski definition) is 1. The van der Waals surface area contributed by atoms with Gasteiger partial charge in [0.1, 0.15) is 5.82 Å². The summed E-state index contributed by atoms with van der Waals surface area (Å²) in [5.74, 6) is 0.553. The Balaban J connectivity index is 2.81. The average Bonchev–Trinajstić information content (AvgIpc) is 2.42. The van der Waals surface area contributed by atoms with Crippen molar-refractivity contribution < 1.29 is 4.39 Å². The Hall–Kier alpha value is -0.410. The average molecular weight is 344 g/mol. The van der Waals surface area contributed by atoms with E-state index in [-0.39, 0.29) is 11.9 Å². The van der Waals surface area contributed by atoms with E-state index in [4.69, 9.17) is 0 Å². The highest BCUT2D eigenvalue weighted by atomic mass is 79.9. The van der Waals surface area contributed by atoms with Gasteiger partial charge in [-0.1, -0.05) is 68.5 Å². The van der Waals surface area contributed by atoms with Gasteiger partial charge in [0.2, 0.25) is 0 Å². The maximum absolute atomic E-state index is 14.2. The molecule has 3 heteroatoms. The Morgan fingerprint density at radius 3 is 2.55 bits per heavy atom. The molecule has 1 rings (SSSR count). The molecule has 0 saturated heterocycles. The summed E-state index contributed by atoms with van der Waals surface area (Å²) >= 11 is 3.32. The molecule has 20 heavy (non-hydrogen) atoms. The van der Waals surface area contributed by atoms with Gasteiger partial charge >= 0.3 is 0 Å². The zero-order valence-electron chi connectivity index (χ0n) is 12.9. The van der Waals surface area contributed by atoms with Crippen molar-refractivity contribution in [2.45, 2.75) is 58.9 Å². The van der Waals surface area contributed by atoms with Gasteiger partial charge in [-0.25, -0.2) is 4.39 Å². The normalized spacial score (nSPS) is 14.2. The number of hydrogen-bond donors (Lipinski definition) is 1. The fraction of sp³-hybridized carbons (Fsp3) is 0.647. The number of rotatable bonds is 9. The van der Waals surface area contributed by atoms with Crippen LogP contribution >= 0.6 is 15.9 Å². The molecule has 114 valence electrons. The Morgan fingerprint density at radius 1 is 1.25 bits per heavy atom. The molecule has 1 aromatic rings. The number of unbranched alkanes of at least 4 members (excludes halogenated alkanes) is 1. The van der Waals surface area contributed by atoms with Gasteiger partial charge in [0.25, 0.3) is 0 Å². The molecule has 2 unspecified atom stereocenters. The topological polar surface area (TPSA) is 12.0 Å². The maximum Gasteiger partial charge on any atom is 0.129 e. The highest BCUT2D eigenvalue weighted by Gasteiger charge is 2.19. The Bertz CT molecular complexity index is 395. The van der Waals surface area contributed by atoms with Crippen LogP contribution in [0.3, 0.4) is 0 Å². The minimum absolute atomic E-state index is 0.115. The lowest BCUT2D eigenvalue weighted by Gasteiger charge is -2.24. The van der Waals surface area contributed by atoms with E-state index in [9.17, 15) is 4.39 Å². The van der Waals surface area contributed by atoms with Crippen LogP contribution in [-0.2, 0) is 0 Å². The molecule has 1 aromatic carbocycles. The number of halogens is 2. The van der Waals surface area contributed by atoms with Crippen molar-refractivity contribution in [3.63, 3.8) is 0 Å². The highest BCUT2D eigenvalue weighted by molar-refractivity contribution is 9.10. The molecular weight excluding hydrogens is 317 g/mol. The fourth-order valence-electron chi connectivity index (χ4n) is 2.67. The first-order valence-electron chi connectivity index (χ1n) is 7.80. The lowest BCUT2D eigenvalue weighted by Crippen LogP contribution is -2.24. The van der Waals surface area contributed by atoms with Crippen molar-refractivity contribution in [3.8, 4) is 0 Å². The molecule has 0 radical (unpaired) electrons. The molecule has 0 aliphatic carbocycles. The second-order valence-electron chi connectivity index (χ2n) is 5.43. The van der Waals surface area contributed by atoms with Crippen LogP contribution < -0.4 is 5.32 Å². The SMILES string of the molecule is CCCCC(CC)CC(NCC)c1ccc(Br)cc1F. The van der Waals surface area contributed by atoms with Crippen molar-refractivity contribution in [1.29, 1.82) is 0 Å². The van der Waals surface area contributed by atoms with E-state index in [0.717, 1.165) is 23.0 Å². The van der Waals surface area contributed by atoms with Gasteiger partial charge in [-0.15, -0.1) is 0 Å². The summed E-state index contributed by atoms with van der Waals surface area (Å²) in [6.07, 6.45) is 5.92. The van der Waals surface area contributed by atoms with E-state index in [2.05, 4.69) is 42.0 Å². The fourth-order valence-corrected chi connectivity index (χ4v) is 3.00. The molecule has 0 fully saturated rings. The smallest absolute Gasteiger partial charge is 0.129 e. The molecule has 2 atom stereocenters. The van der Waals surface area contributed by atoms with Gasteiger partial charge in [-0.2, -0.15) is 0 Å². The van der Waals surface area contributed by atoms with Crippen molar-refractivity contribution in [1.82, 2.24) is 5.32 Å². The van der Waals surface area contributed by atoms with Gasteiger partial charge in [-0.3, -0.25) is 0 Å². The molecule has 0 amide bonds. The third-order valence-corrected chi connectivity index (χ3v) is 4.39. The van der Waals surface area contributed by atoms with E-state index in [1.54, 1.807) is 6.07 Å². The summed E-state index contributed by atoms with van der Waals surface area (Å²) in [6, 6.07) is 5.51. The van der Waals surface area contributed by atoms with E-state index in [1.165, 1.54) is 25.7 Å². The summed E-state index contributed by atoms with van der Waals surface area (Å²) < 4.78 is 15.0. The van der Waals surface area contributed by atoms with E-state index >= 15 is 0 Å². The molecule has 0 aromatic heterocycles. The Kier molecular flexibility index (Phi) is 8.39. The Morgan fingerprint density at radius 2 is 2.00 bits per heavy atom. The van der Waals surface area contributed by atoms with Crippen LogP contribution in [-0.4, -0.2) is 6.54 Å². The second-order valence-corrected chi connectivity index (χ2v) is 6.34. The van der Waals surface area contributed by atoms with Crippen LogP contribution in [0.2, 0.25) is 0 Å². The van der Waals surface area contributed by atoms with Crippen LogP contribution in [0.15, 0.2) is 22.7 Å². The maximum atomic E-state index is 14.2. The summed E-state index contributed by atoms with van der Waals surface area (Å²) in [5, 5.41) is 3.45. The molecule has 0 bridgehead atoms. The third-order valence-electron chi connectivity index (χ3n) is 3.90. The molecule has 0 aliphatic heterocycles. The first kappa shape index (κ1) is 17.6. The van der Waals surface area contributed by atoms with Crippen LogP contribution in [0.5, 0.6) is 0 Å². The Labute approximate surface area is 131 Å². The van der Waals surface area contributed by atoms with Gasteiger partial charge in [0, 0.05) is 16.1 Å². The van der Waals surface area contributed by atoms with Crippen molar-refractivity contribution in [3.05, 3.63) is 34.1 Å². The van der Waals surface area contributed by atoms with Crippen molar-refractivity contribution in [2.24, 2.45) is 5.92 Å². The molecule has 0 saturated carbocycles. The summed E-state index contributed by atoms with van der Waals surface area (Å²) in [5.41, 5.74) is 0.796. The molecule has 1 nitrogen and oxygen atoms in total. The van der Waals surface area contributed by atoms with Crippen molar-refractivity contribution >= 4 is 15.9 Å². The lowest BCUT2D eigenvalue weighted by molar-refractivity contribution is 0.351. The van der Waals surface area contributed by atoms with E-state index in [1.807, 2.05) is 12.1 Å². The molecule has 1 N–H and O–H groups in total. The van der Waals surface area contributed by atoms with E-state index < -0.39 is 0 Å². The zero-order valence-corrected chi connectivity index (χ0v) is 14.5. The largest absolute Gasteiger partial charge is 0.310 e. The monoisotopic (exact) mass is 343 g/mol. The first-order valence-corrected chi connectivity index (χ1v) is 8.59. The van der Waals surface area contributed by atoms with E-state index in [0.29, 0.717) is 5.92 Å². The molecular formula is C17H27BrFN. The van der Waals surface area contributed by atoms with Crippen LogP contribution in [0, 0.1) is 11.7 Å². The van der Waals surface area contributed by atoms with Crippen LogP contribution in [0.1, 0.15) is 64.5 Å².